The number of amides is 3. The normalized spacial score (nSPS) is 17.8. The van der Waals surface area contributed by atoms with E-state index in [4.69, 9.17) is 9.94 Å². The predicted octanol–water partition coefficient (Wildman–Crippen LogP) is 3.01. The third kappa shape index (κ3) is 7.23. The number of aliphatic hydroxyl groups excluding tert-OH is 1. The zero-order chi connectivity index (χ0) is 26.9. The van der Waals surface area contributed by atoms with E-state index in [9.17, 15) is 19.5 Å². The van der Waals surface area contributed by atoms with Gasteiger partial charge in [-0.1, -0.05) is 49.6 Å². The lowest BCUT2D eigenvalue weighted by Gasteiger charge is -2.36. The summed E-state index contributed by atoms with van der Waals surface area (Å²) in [6.07, 6.45) is 1.57. The fraction of sp³-hybridized carbons (Fsp3) is 0.464. The van der Waals surface area contributed by atoms with Gasteiger partial charge in [0.2, 0.25) is 0 Å². The van der Waals surface area contributed by atoms with Gasteiger partial charge in [-0.3, -0.25) is 14.8 Å². The van der Waals surface area contributed by atoms with Crippen molar-refractivity contribution in [3.8, 4) is 0 Å². The van der Waals surface area contributed by atoms with Gasteiger partial charge in [0.25, 0.3) is 11.8 Å². The summed E-state index contributed by atoms with van der Waals surface area (Å²) in [5, 5.41) is 21.9. The number of alkyl carbamates (subject to hydrolysis) is 1. The Hall–Kier alpha value is -3.63. The molecule has 1 heterocycles. The van der Waals surface area contributed by atoms with Crippen molar-refractivity contribution in [1.29, 1.82) is 0 Å². The summed E-state index contributed by atoms with van der Waals surface area (Å²) in [6.45, 7) is 2.69. The van der Waals surface area contributed by atoms with E-state index in [1.165, 1.54) is 5.48 Å². The molecule has 2 aliphatic rings. The molecule has 0 radical (unpaired) electrons. The molecule has 2 aromatic carbocycles. The number of ether oxygens (including phenoxy) is 1. The third-order valence-corrected chi connectivity index (χ3v) is 7.24. The molecule has 0 spiro atoms. The van der Waals surface area contributed by atoms with Gasteiger partial charge < -0.3 is 25.0 Å². The van der Waals surface area contributed by atoms with Gasteiger partial charge in [-0.25, -0.2) is 10.3 Å². The highest BCUT2D eigenvalue weighted by Crippen LogP contribution is 2.26. The highest BCUT2D eigenvalue weighted by atomic mass is 16.6. The SMILES string of the molecule is O=C(NC1CCCCC1)O[C@H](C[C@H](O)C(=O)NO)c1ccc(C(=O)N2CCN(c3ccccc3)CC2)cc1. The van der Waals surface area contributed by atoms with E-state index in [0.717, 1.165) is 50.9 Å². The minimum Gasteiger partial charge on any atom is -0.441 e. The van der Waals surface area contributed by atoms with Crippen molar-refractivity contribution in [1.82, 2.24) is 15.7 Å². The molecule has 4 rings (SSSR count). The Morgan fingerprint density at radius 3 is 2.21 bits per heavy atom. The van der Waals surface area contributed by atoms with Crippen molar-refractivity contribution in [2.45, 2.75) is 56.8 Å². The van der Waals surface area contributed by atoms with Crippen molar-refractivity contribution in [3.05, 3.63) is 65.7 Å². The lowest BCUT2D eigenvalue weighted by atomic mass is 9.96. The summed E-state index contributed by atoms with van der Waals surface area (Å²) in [7, 11) is 0. The molecule has 3 amide bonds. The molecule has 0 unspecified atom stereocenters. The molecule has 0 bridgehead atoms. The van der Waals surface area contributed by atoms with Crippen LogP contribution in [0.3, 0.4) is 0 Å². The van der Waals surface area contributed by atoms with E-state index in [1.807, 2.05) is 23.1 Å². The van der Waals surface area contributed by atoms with Gasteiger partial charge in [-0.05, 0) is 42.7 Å². The van der Waals surface area contributed by atoms with Gasteiger partial charge in [0.05, 0.1) is 0 Å². The number of benzene rings is 2. The van der Waals surface area contributed by atoms with E-state index < -0.39 is 24.2 Å². The van der Waals surface area contributed by atoms with Gasteiger partial charge in [0.15, 0.2) is 0 Å². The fourth-order valence-electron chi connectivity index (χ4n) is 5.04. The summed E-state index contributed by atoms with van der Waals surface area (Å²) in [4.78, 5) is 41.5. The number of rotatable bonds is 8. The second kappa shape index (κ2) is 13.3. The number of nitrogens with zero attached hydrogens (tertiary/aromatic N) is 2. The van der Waals surface area contributed by atoms with E-state index in [-0.39, 0.29) is 18.4 Å². The molecule has 2 aromatic rings. The Labute approximate surface area is 222 Å². The molecule has 1 aliphatic heterocycles. The van der Waals surface area contributed by atoms with E-state index in [0.29, 0.717) is 24.2 Å². The maximum Gasteiger partial charge on any atom is 0.407 e. The molecule has 10 nitrogen and oxygen atoms in total. The van der Waals surface area contributed by atoms with Crippen molar-refractivity contribution >= 4 is 23.6 Å². The number of anilines is 1. The van der Waals surface area contributed by atoms with Crippen LogP contribution >= 0.6 is 0 Å². The van der Waals surface area contributed by atoms with Crippen LogP contribution in [0, 0.1) is 0 Å². The average molecular weight is 525 g/mol. The first kappa shape index (κ1) is 27.4. The van der Waals surface area contributed by atoms with Crippen molar-refractivity contribution in [2.24, 2.45) is 0 Å². The molecular formula is C28H36N4O6. The highest BCUT2D eigenvalue weighted by molar-refractivity contribution is 5.94. The predicted molar refractivity (Wildman–Crippen MR) is 141 cm³/mol. The lowest BCUT2D eigenvalue weighted by molar-refractivity contribution is -0.139. The van der Waals surface area contributed by atoms with Crippen LogP contribution in [0.2, 0.25) is 0 Å². The molecule has 4 N–H and O–H groups in total. The van der Waals surface area contributed by atoms with E-state index in [1.54, 1.807) is 24.3 Å². The zero-order valence-corrected chi connectivity index (χ0v) is 21.4. The smallest absolute Gasteiger partial charge is 0.407 e. The van der Waals surface area contributed by atoms with E-state index >= 15 is 0 Å². The Bertz CT molecular complexity index is 1070. The van der Waals surface area contributed by atoms with Crippen LogP contribution < -0.4 is 15.7 Å². The van der Waals surface area contributed by atoms with Crippen molar-refractivity contribution in [2.75, 3.05) is 31.1 Å². The Morgan fingerprint density at radius 2 is 1.58 bits per heavy atom. The average Bonchev–Trinajstić information content (AvgIpc) is 2.97. The van der Waals surface area contributed by atoms with Crippen LogP contribution in [0.5, 0.6) is 0 Å². The number of carbonyl (C=O) groups is 3. The number of nitrogens with one attached hydrogen (secondary N) is 2. The number of hydroxylamine groups is 1. The zero-order valence-electron chi connectivity index (χ0n) is 21.4. The van der Waals surface area contributed by atoms with E-state index in [2.05, 4.69) is 22.3 Å². The van der Waals surface area contributed by atoms with Gasteiger partial charge in [-0.15, -0.1) is 0 Å². The van der Waals surface area contributed by atoms with Gasteiger partial charge in [-0.2, -0.15) is 0 Å². The second-order valence-corrected chi connectivity index (χ2v) is 9.84. The monoisotopic (exact) mass is 524 g/mol. The first-order chi connectivity index (χ1) is 18.4. The fourth-order valence-corrected chi connectivity index (χ4v) is 5.04. The van der Waals surface area contributed by atoms with Crippen LogP contribution in [0.4, 0.5) is 10.5 Å². The van der Waals surface area contributed by atoms with Gasteiger partial charge in [0, 0.05) is 49.9 Å². The van der Waals surface area contributed by atoms with Crippen molar-refractivity contribution in [3.63, 3.8) is 0 Å². The quantitative estimate of drug-likeness (QED) is 0.308. The molecule has 10 heteroatoms. The first-order valence-corrected chi connectivity index (χ1v) is 13.2. The summed E-state index contributed by atoms with van der Waals surface area (Å²) in [5.74, 6) is -1.08. The second-order valence-electron chi connectivity index (χ2n) is 9.84. The number of para-hydroxylation sites is 1. The molecular weight excluding hydrogens is 488 g/mol. The first-order valence-electron chi connectivity index (χ1n) is 13.2. The third-order valence-electron chi connectivity index (χ3n) is 7.24. The van der Waals surface area contributed by atoms with Gasteiger partial charge >= 0.3 is 6.09 Å². The molecule has 1 saturated heterocycles. The Balaban J connectivity index is 1.39. The van der Waals surface area contributed by atoms with Crippen LogP contribution in [-0.2, 0) is 9.53 Å². The van der Waals surface area contributed by atoms with Crippen LogP contribution in [-0.4, -0.2) is 71.4 Å². The summed E-state index contributed by atoms with van der Waals surface area (Å²) in [6, 6.07) is 16.8. The Morgan fingerprint density at radius 1 is 0.921 bits per heavy atom. The summed E-state index contributed by atoms with van der Waals surface area (Å²) >= 11 is 0. The lowest BCUT2D eigenvalue weighted by Crippen LogP contribution is -2.48. The van der Waals surface area contributed by atoms with Crippen LogP contribution in [0.25, 0.3) is 0 Å². The maximum absolute atomic E-state index is 13.1. The number of piperazine rings is 1. The molecule has 1 aliphatic carbocycles. The molecule has 1 saturated carbocycles. The number of hydrogen-bond donors (Lipinski definition) is 4. The standard InChI is InChI=1S/C28H36N4O6/c33-24(26(34)30-37)19-25(38-28(36)29-22-7-3-1-4-8-22)20-11-13-21(14-12-20)27(35)32-17-15-31(16-18-32)23-9-5-2-6-10-23/h2,5-6,9-14,22,24-25,33,37H,1,3-4,7-8,15-19H2,(H,29,36)(H,30,34)/t24-,25+/m0/s1. The Kier molecular flexibility index (Phi) is 9.56. The molecule has 0 aromatic heterocycles. The van der Waals surface area contributed by atoms with Crippen LogP contribution in [0.1, 0.15) is 60.6 Å². The molecule has 2 fully saturated rings. The van der Waals surface area contributed by atoms with Gasteiger partial charge in [0.1, 0.15) is 12.2 Å². The highest BCUT2D eigenvalue weighted by Gasteiger charge is 2.27. The largest absolute Gasteiger partial charge is 0.441 e. The number of carbonyl (C=O) groups excluding carboxylic acids is 3. The van der Waals surface area contributed by atoms with Crippen LogP contribution in [0.15, 0.2) is 54.6 Å². The minimum atomic E-state index is -1.59. The maximum atomic E-state index is 13.1. The summed E-state index contributed by atoms with van der Waals surface area (Å²) in [5.41, 5.74) is 3.58. The summed E-state index contributed by atoms with van der Waals surface area (Å²) < 4.78 is 5.60. The molecule has 38 heavy (non-hydrogen) atoms. The number of hydrogen-bond acceptors (Lipinski definition) is 7. The van der Waals surface area contributed by atoms with Crippen molar-refractivity contribution < 1.29 is 29.4 Å². The molecule has 2 atom stereocenters. The molecule has 204 valence electrons. The topological polar surface area (TPSA) is 131 Å². The minimum absolute atomic E-state index is 0.0323. The number of aliphatic hydroxyl groups is 1.